The number of nitrogens with zero attached hydrogens (tertiary/aromatic N) is 3. The van der Waals surface area contributed by atoms with Crippen molar-refractivity contribution in [2.75, 3.05) is 4.90 Å². The minimum absolute atomic E-state index is 0.156. The van der Waals surface area contributed by atoms with Crippen molar-refractivity contribution in [3.8, 4) is 0 Å². The van der Waals surface area contributed by atoms with E-state index in [2.05, 4.69) is 10.2 Å². The third-order valence-corrected chi connectivity index (χ3v) is 3.04. The largest absolute Gasteiger partial charge is 0.284 e. The van der Waals surface area contributed by atoms with E-state index < -0.39 is 0 Å². The van der Waals surface area contributed by atoms with Gasteiger partial charge in [-0.05, 0) is 19.8 Å². The van der Waals surface area contributed by atoms with Crippen molar-refractivity contribution in [3.63, 3.8) is 0 Å². The average Bonchev–Trinajstić information content (AvgIpc) is 2.90. The summed E-state index contributed by atoms with van der Waals surface area (Å²) in [6.45, 7) is 3.79. The molecule has 1 fully saturated rings. The molecule has 1 aliphatic rings. The highest BCUT2D eigenvalue weighted by Crippen LogP contribution is 2.33. The highest BCUT2D eigenvalue weighted by atomic mass is 32.1. The molecule has 14 heavy (non-hydrogen) atoms. The number of carbonyl (C=O) groups excluding carboxylic acids is 1. The van der Waals surface area contributed by atoms with E-state index in [0.717, 1.165) is 23.0 Å². The lowest BCUT2D eigenvalue weighted by atomic mass is 10.4. The van der Waals surface area contributed by atoms with Gasteiger partial charge in [0.05, 0.1) is 0 Å². The molecule has 0 N–H and O–H groups in total. The van der Waals surface area contributed by atoms with E-state index in [1.807, 2.05) is 18.7 Å². The third kappa shape index (κ3) is 1.77. The Morgan fingerprint density at radius 1 is 1.57 bits per heavy atom. The Bertz CT molecular complexity index is 346. The van der Waals surface area contributed by atoms with Crippen molar-refractivity contribution >= 4 is 22.4 Å². The van der Waals surface area contributed by atoms with Crippen molar-refractivity contribution in [1.82, 2.24) is 10.2 Å². The van der Waals surface area contributed by atoms with Crippen LogP contribution in [0, 0.1) is 6.92 Å². The molecule has 1 aromatic heterocycles. The van der Waals surface area contributed by atoms with Gasteiger partial charge in [0.15, 0.2) is 0 Å². The first-order valence-corrected chi connectivity index (χ1v) is 5.66. The standard InChI is InChI=1S/C9H13N3OS/c1-3-8(13)12(7-4-5-7)9-11-10-6(2)14-9/h7H,3-5H2,1-2H3. The Balaban J connectivity index is 2.22. The minimum atomic E-state index is 0.156. The second-order valence-corrected chi connectivity index (χ2v) is 4.61. The van der Waals surface area contributed by atoms with E-state index in [-0.39, 0.29) is 5.91 Å². The summed E-state index contributed by atoms with van der Waals surface area (Å²) in [5, 5.41) is 9.63. The molecule has 0 aromatic carbocycles. The number of anilines is 1. The zero-order valence-corrected chi connectivity index (χ0v) is 9.17. The molecule has 1 aromatic rings. The van der Waals surface area contributed by atoms with Gasteiger partial charge in [-0.15, -0.1) is 10.2 Å². The van der Waals surface area contributed by atoms with Crippen LogP contribution in [0.4, 0.5) is 5.13 Å². The fraction of sp³-hybridized carbons (Fsp3) is 0.667. The van der Waals surface area contributed by atoms with Crippen LogP contribution in [0.15, 0.2) is 0 Å². The van der Waals surface area contributed by atoms with Gasteiger partial charge >= 0.3 is 0 Å². The molecule has 76 valence electrons. The highest BCUT2D eigenvalue weighted by Gasteiger charge is 2.34. The van der Waals surface area contributed by atoms with Gasteiger partial charge in [-0.3, -0.25) is 9.69 Å². The van der Waals surface area contributed by atoms with Crippen LogP contribution >= 0.6 is 11.3 Å². The molecule has 0 radical (unpaired) electrons. The molecule has 0 aliphatic heterocycles. The maximum absolute atomic E-state index is 11.7. The van der Waals surface area contributed by atoms with E-state index >= 15 is 0 Å². The molecule has 5 heteroatoms. The van der Waals surface area contributed by atoms with E-state index in [9.17, 15) is 4.79 Å². The van der Waals surface area contributed by atoms with Gasteiger partial charge in [0.25, 0.3) is 0 Å². The van der Waals surface area contributed by atoms with Crippen molar-refractivity contribution < 1.29 is 4.79 Å². The molecule has 1 heterocycles. The highest BCUT2D eigenvalue weighted by molar-refractivity contribution is 7.15. The van der Waals surface area contributed by atoms with Gasteiger partial charge in [-0.1, -0.05) is 18.3 Å². The van der Waals surface area contributed by atoms with Crippen LogP contribution in [0.3, 0.4) is 0 Å². The molecule has 0 atom stereocenters. The predicted octanol–water partition coefficient (Wildman–Crippen LogP) is 1.75. The molecule has 0 unspecified atom stereocenters. The van der Waals surface area contributed by atoms with E-state index in [0.29, 0.717) is 12.5 Å². The lowest BCUT2D eigenvalue weighted by Gasteiger charge is -2.17. The first-order chi connectivity index (χ1) is 6.72. The van der Waals surface area contributed by atoms with E-state index in [1.54, 1.807) is 0 Å². The number of hydrogen-bond donors (Lipinski definition) is 0. The number of amides is 1. The predicted molar refractivity (Wildman–Crippen MR) is 55.4 cm³/mol. The monoisotopic (exact) mass is 211 g/mol. The first kappa shape index (κ1) is 9.58. The zero-order valence-electron chi connectivity index (χ0n) is 8.36. The molecular formula is C9H13N3OS. The molecule has 0 saturated heterocycles. The second-order valence-electron chi connectivity index (χ2n) is 3.45. The number of aromatic nitrogens is 2. The summed E-state index contributed by atoms with van der Waals surface area (Å²) in [7, 11) is 0. The van der Waals surface area contributed by atoms with Crippen LogP contribution in [0.2, 0.25) is 0 Å². The normalized spacial score (nSPS) is 15.6. The van der Waals surface area contributed by atoms with E-state index in [4.69, 9.17) is 0 Å². The molecule has 1 amide bonds. The summed E-state index contributed by atoms with van der Waals surface area (Å²) in [5.74, 6) is 0.156. The molecule has 2 rings (SSSR count). The smallest absolute Gasteiger partial charge is 0.228 e. The van der Waals surface area contributed by atoms with Gasteiger partial charge in [0, 0.05) is 12.5 Å². The van der Waals surface area contributed by atoms with Crippen LogP contribution in [0.1, 0.15) is 31.2 Å². The molecular weight excluding hydrogens is 198 g/mol. The molecule has 1 aliphatic carbocycles. The SMILES string of the molecule is CCC(=O)N(c1nnc(C)s1)C1CC1. The Kier molecular flexibility index (Phi) is 2.50. The molecule has 0 spiro atoms. The zero-order chi connectivity index (χ0) is 10.1. The van der Waals surface area contributed by atoms with Crippen molar-refractivity contribution in [2.24, 2.45) is 0 Å². The average molecular weight is 211 g/mol. The lowest BCUT2D eigenvalue weighted by Crippen LogP contribution is -2.32. The Morgan fingerprint density at radius 3 is 2.71 bits per heavy atom. The Labute approximate surface area is 86.9 Å². The van der Waals surface area contributed by atoms with Crippen LogP contribution in [0.5, 0.6) is 0 Å². The van der Waals surface area contributed by atoms with Crippen LogP contribution in [-0.2, 0) is 4.79 Å². The van der Waals surface area contributed by atoms with Gasteiger partial charge in [0.2, 0.25) is 11.0 Å². The van der Waals surface area contributed by atoms with Crippen LogP contribution in [-0.4, -0.2) is 22.1 Å². The molecule has 1 saturated carbocycles. The fourth-order valence-corrected chi connectivity index (χ4v) is 2.13. The number of carbonyl (C=O) groups is 1. The topological polar surface area (TPSA) is 46.1 Å². The molecule has 0 bridgehead atoms. The summed E-state index contributed by atoms with van der Waals surface area (Å²) in [4.78, 5) is 13.5. The van der Waals surface area contributed by atoms with Crippen LogP contribution < -0.4 is 4.90 Å². The Morgan fingerprint density at radius 2 is 2.29 bits per heavy atom. The van der Waals surface area contributed by atoms with Crippen LogP contribution in [0.25, 0.3) is 0 Å². The third-order valence-electron chi connectivity index (χ3n) is 2.20. The summed E-state index contributed by atoms with van der Waals surface area (Å²) >= 11 is 1.49. The number of rotatable bonds is 3. The molecule has 4 nitrogen and oxygen atoms in total. The maximum atomic E-state index is 11.7. The Hall–Kier alpha value is -0.970. The second kappa shape index (κ2) is 3.65. The van der Waals surface area contributed by atoms with Gasteiger partial charge in [-0.2, -0.15) is 0 Å². The lowest BCUT2D eigenvalue weighted by molar-refractivity contribution is -0.118. The van der Waals surface area contributed by atoms with E-state index in [1.165, 1.54) is 11.3 Å². The van der Waals surface area contributed by atoms with Gasteiger partial charge in [0.1, 0.15) is 5.01 Å². The number of hydrogen-bond acceptors (Lipinski definition) is 4. The summed E-state index contributed by atoms with van der Waals surface area (Å²) in [6, 6.07) is 0.384. The number of aryl methyl sites for hydroxylation is 1. The summed E-state index contributed by atoms with van der Waals surface area (Å²) in [6.07, 6.45) is 2.74. The maximum Gasteiger partial charge on any atom is 0.228 e. The minimum Gasteiger partial charge on any atom is -0.284 e. The summed E-state index contributed by atoms with van der Waals surface area (Å²) < 4.78 is 0. The van der Waals surface area contributed by atoms with Gasteiger partial charge < -0.3 is 0 Å². The first-order valence-electron chi connectivity index (χ1n) is 4.84. The van der Waals surface area contributed by atoms with Crippen molar-refractivity contribution in [3.05, 3.63) is 5.01 Å². The fourth-order valence-electron chi connectivity index (χ4n) is 1.35. The quantitative estimate of drug-likeness (QED) is 0.765. The summed E-state index contributed by atoms with van der Waals surface area (Å²) in [5.41, 5.74) is 0. The van der Waals surface area contributed by atoms with Crippen molar-refractivity contribution in [1.29, 1.82) is 0 Å². The van der Waals surface area contributed by atoms with Crippen molar-refractivity contribution in [2.45, 2.75) is 39.2 Å². The van der Waals surface area contributed by atoms with Gasteiger partial charge in [-0.25, -0.2) is 0 Å².